The number of piperazine rings is 1. The Hall–Kier alpha value is -0.570. The van der Waals surface area contributed by atoms with Crippen LogP contribution in [-0.2, 0) is 4.79 Å². The zero-order chi connectivity index (χ0) is 14.6. The van der Waals surface area contributed by atoms with Crippen LogP contribution in [-0.4, -0.2) is 36.0 Å². The van der Waals surface area contributed by atoms with Gasteiger partial charge in [0.25, 0.3) is 0 Å². The first kappa shape index (κ1) is 16.5. The van der Waals surface area contributed by atoms with Crippen LogP contribution in [0.5, 0.6) is 0 Å². The topological polar surface area (TPSA) is 32.3 Å². The minimum absolute atomic E-state index is 0.341. The molecule has 1 aliphatic rings. The number of carbonyl (C=O) groups excluding carboxylic acids is 1. The molecule has 0 spiro atoms. The monoisotopic (exact) mass is 268 g/mol. The molecule has 0 radical (unpaired) electrons. The molecule has 0 saturated carbocycles. The Labute approximate surface area is 119 Å². The van der Waals surface area contributed by atoms with E-state index in [-0.39, 0.29) is 0 Å². The number of hydrogen-bond donors (Lipinski definition) is 1. The first-order chi connectivity index (χ1) is 8.81. The lowest BCUT2D eigenvalue weighted by molar-refractivity contribution is -0.136. The highest BCUT2D eigenvalue weighted by atomic mass is 16.2. The molecule has 0 aromatic rings. The van der Waals surface area contributed by atoms with E-state index in [9.17, 15) is 4.79 Å². The Bertz CT molecular complexity index is 286. The van der Waals surface area contributed by atoms with Gasteiger partial charge in [0.1, 0.15) is 0 Å². The molecule has 1 aliphatic heterocycles. The lowest BCUT2D eigenvalue weighted by Gasteiger charge is -2.43. The Morgan fingerprint density at radius 3 is 2.26 bits per heavy atom. The minimum atomic E-state index is 0.341. The smallest absolute Gasteiger partial charge is 0.223 e. The van der Waals surface area contributed by atoms with Gasteiger partial charge in [-0.25, -0.2) is 0 Å². The molecule has 3 nitrogen and oxygen atoms in total. The van der Waals surface area contributed by atoms with E-state index < -0.39 is 0 Å². The average Bonchev–Trinajstić information content (AvgIpc) is 2.27. The fraction of sp³-hybridized carbons (Fsp3) is 0.938. The van der Waals surface area contributed by atoms with Crippen molar-refractivity contribution in [3.63, 3.8) is 0 Å². The van der Waals surface area contributed by atoms with Crippen molar-refractivity contribution in [1.29, 1.82) is 0 Å². The quantitative estimate of drug-likeness (QED) is 0.831. The normalized spacial score (nSPS) is 24.6. The van der Waals surface area contributed by atoms with E-state index >= 15 is 0 Å². The first-order valence-corrected chi connectivity index (χ1v) is 7.84. The molecule has 0 aromatic carbocycles. The van der Waals surface area contributed by atoms with Crippen LogP contribution in [0.1, 0.15) is 54.4 Å². The summed E-state index contributed by atoms with van der Waals surface area (Å²) in [4.78, 5) is 14.6. The molecule has 112 valence electrons. The summed E-state index contributed by atoms with van der Waals surface area (Å²) in [6, 6.07) is 0.820. The maximum Gasteiger partial charge on any atom is 0.223 e. The molecule has 2 atom stereocenters. The van der Waals surface area contributed by atoms with Crippen molar-refractivity contribution in [3.8, 4) is 0 Å². The second kappa shape index (κ2) is 7.28. The van der Waals surface area contributed by atoms with Gasteiger partial charge in [0.2, 0.25) is 5.91 Å². The van der Waals surface area contributed by atoms with Gasteiger partial charge in [-0.05, 0) is 24.2 Å². The second-order valence-electron chi connectivity index (χ2n) is 7.19. The summed E-state index contributed by atoms with van der Waals surface area (Å²) in [6.45, 7) is 15.0. The van der Waals surface area contributed by atoms with E-state index in [4.69, 9.17) is 0 Å². The van der Waals surface area contributed by atoms with Gasteiger partial charge in [0.05, 0.1) is 0 Å². The second-order valence-corrected chi connectivity index (χ2v) is 7.19. The number of amides is 1. The van der Waals surface area contributed by atoms with Crippen LogP contribution in [0.25, 0.3) is 0 Å². The van der Waals surface area contributed by atoms with Crippen molar-refractivity contribution >= 4 is 5.91 Å². The number of nitrogens with zero attached hydrogens (tertiary/aromatic N) is 1. The predicted octanol–water partition coefficient (Wildman–Crippen LogP) is 2.90. The molecule has 1 rings (SSSR count). The Morgan fingerprint density at radius 1 is 1.16 bits per heavy atom. The molecule has 19 heavy (non-hydrogen) atoms. The number of nitrogens with one attached hydrogen (secondary N) is 1. The molecule has 1 heterocycles. The molecular formula is C16H32N2O. The number of rotatable bonds is 5. The van der Waals surface area contributed by atoms with E-state index in [0.29, 0.717) is 42.2 Å². The van der Waals surface area contributed by atoms with Gasteiger partial charge < -0.3 is 10.2 Å². The summed E-state index contributed by atoms with van der Waals surface area (Å²) >= 11 is 0. The van der Waals surface area contributed by atoms with Crippen LogP contribution >= 0.6 is 0 Å². The highest BCUT2D eigenvalue weighted by Crippen LogP contribution is 2.20. The first-order valence-electron chi connectivity index (χ1n) is 7.84. The third-order valence-corrected chi connectivity index (χ3v) is 3.90. The van der Waals surface area contributed by atoms with E-state index in [1.165, 1.54) is 0 Å². The Kier molecular flexibility index (Phi) is 6.31. The highest BCUT2D eigenvalue weighted by molar-refractivity contribution is 5.77. The number of hydrogen-bond acceptors (Lipinski definition) is 2. The lowest BCUT2D eigenvalue weighted by Crippen LogP contribution is -2.60. The molecule has 1 saturated heterocycles. The molecule has 0 aliphatic carbocycles. The van der Waals surface area contributed by atoms with E-state index in [2.05, 4.69) is 51.8 Å². The van der Waals surface area contributed by atoms with E-state index in [0.717, 1.165) is 19.5 Å². The summed E-state index contributed by atoms with van der Waals surface area (Å²) in [7, 11) is 0. The third-order valence-electron chi connectivity index (χ3n) is 3.90. The summed E-state index contributed by atoms with van der Waals surface area (Å²) < 4.78 is 0. The predicted molar refractivity (Wildman–Crippen MR) is 81.0 cm³/mol. The van der Waals surface area contributed by atoms with Crippen molar-refractivity contribution in [3.05, 3.63) is 0 Å². The third kappa shape index (κ3) is 5.13. The standard InChI is InChI=1S/C16H32N2O/c1-11(2)7-14-9-17-15(13(5)6)10-18(14)16(19)8-12(3)4/h11-15,17H,7-10H2,1-6H3. The fourth-order valence-electron chi connectivity index (χ4n) is 2.80. The molecule has 1 amide bonds. The summed E-state index contributed by atoms with van der Waals surface area (Å²) in [5.74, 6) is 2.00. The molecule has 0 bridgehead atoms. The molecule has 3 heteroatoms. The van der Waals surface area contributed by atoms with E-state index in [1.54, 1.807) is 0 Å². The van der Waals surface area contributed by atoms with Crippen molar-refractivity contribution in [1.82, 2.24) is 10.2 Å². The van der Waals surface area contributed by atoms with Crippen LogP contribution in [0.15, 0.2) is 0 Å². The van der Waals surface area contributed by atoms with Crippen LogP contribution in [0.2, 0.25) is 0 Å². The summed E-state index contributed by atoms with van der Waals surface area (Å²) in [5, 5.41) is 3.62. The van der Waals surface area contributed by atoms with E-state index in [1.807, 2.05) is 0 Å². The van der Waals surface area contributed by atoms with Gasteiger partial charge >= 0.3 is 0 Å². The van der Waals surface area contributed by atoms with Gasteiger partial charge in [-0.1, -0.05) is 41.5 Å². The minimum Gasteiger partial charge on any atom is -0.337 e. The number of carbonyl (C=O) groups is 1. The maximum absolute atomic E-state index is 12.5. The molecule has 2 unspecified atom stereocenters. The van der Waals surface area contributed by atoms with Crippen LogP contribution in [0, 0.1) is 17.8 Å². The Morgan fingerprint density at radius 2 is 1.79 bits per heavy atom. The van der Waals surface area contributed by atoms with Crippen molar-refractivity contribution in [2.45, 2.75) is 66.5 Å². The van der Waals surface area contributed by atoms with Gasteiger partial charge in [0.15, 0.2) is 0 Å². The Balaban J connectivity index is 2.72. The van der Waals surface area contributed by atoms with Crippen LogP contribution < -0.4 is 5.32 Å². The zero-order valence-electron chi connectivity index (χ0n) is 13.6. The van der Waals surface area contributed by atoms with Gasteiger partial charge in [-0.2, -0.15) is 0 Å². The van der Waals surface area contributed by atoms with Gasteiger partial charge in [-0.15, -0.1) is 0 Å². The molecule has 1 N–H and O–H groups in total. The fourth-order valence-corrected chi connectivity index (χ4v) is 2.80. The van der Waals surface area contributed by atoms with Crippen molar-refractivity contribution < 1.29 is 4.79 Å². The average molecular weight is 268 g/mol. The molecule has 1 fully saturated rings. The molecule has 0 aromatic heterocycles. The van der Waals surface area contributed by atoms with Crippen LogP contribution in [0.3, 0.4) is 0 Å². The maximum atomic E-state index is 12.5. The SMILES string of the molecule is CC(C)CC(=O)N1CC(C(C)C)NCC1CC(C)C. The van der Waals surface area contributed by atoms with Crippen molar-refractivity contribution in [2.75, 3.05) is 13.1 Å². The lowest BCUT2D eigenvalue weighted by atomic mass is 9.94. The highest BCUT2D eigenvalue weighted by Gasteiger charge is 2.32. The summed E-state index contributed by atoms with van der Waals surface area (Å²) in [5.41, 5.74) is 0. The van der Waals surface area contributed by atoms with Gasteiger partial charge in [-0.3, -0.25) is 4.79 Å². The largest absolute Gasteiger partial charge is 0.337 e. The summed E-state index contributed by atoms with van der Waals surface area (Å²) in [6.07, 6.45) is 1.78. The van der Waals surface area contributed by atoms with Gasteiger partial charge in [0, 0.05) is 31.6 Å². The van der Waals surface area contributed by atoms with Crippen molar-refractivity contribution in [2.24, 2.45) is 17.8 Å². The van der Waals surface area contributed by atoms with Crippen LogP contribution in [0.4, 0.5) is 0 Å². The zero-order valence-corrected chi connectivity index (χ0v) is 13.6. The molecular weight excluding hydrogens is 236 g/mol.